The van der Waals surface area contributed by atoms with Gasteiger partial charge in [-0.3, -0.25) is 4.79 Å². The Morgan fingerprint density at radius 1 is 0.842 bits per heavy atom. The molecule has 4 aliphatic rings. The molecule has 4 fully saturated rings. The summed E-state index contributed by atoms with van der Waals surface area (Å²) < 4.78 is 38.8. The third-order valence-corrected chi connectivity index (χ3v) is 9.98. The number of benzene rings is 2. The third kappa shape index (κ3) is 4.83. The number of hydrogen-bond acceptors (Lipinski definition) is 3. The van der Waals surface area contributed by atoms with E-state index in [0.717, 1.165) is 63.0 Å². The summed E-state index contributed by atoms with van der Waals surface area (Å²) in [6.45, 7) is 4.84. The minimum atomic E-state index is -4.32. The first-order valence-corrected chi connectivity index (χ1v) is 14.3. The second kappa shape index (κ2) is 10.2. The van der Waals surface area contributed by atoms with Crippen LogP contribution in [0.15, 0.2) is 54.6 Å². The highest BCUT2D eigenvalue weighted by Crippen LogP contribution is 2.56. The number of alkyl halides is 3. The Bertz CT molecular complexity index is 1110. The summed E-state index contributed by atoms with van der Waals surface area (Å²) in [5.74, 6) is 1.47. The molecule has 204 valence electrons. The van der Waals surface area contributed by atoms with Crippen molar-refractivity contribution < 1.29 is 18.0 Å². The summed E-state index contributed by atoms with van der Waals surface area (Å²) in [6.07, 6.45) is 3.51. The van der Waals surface area contributed by atoms with E-state index in [-0.39, 0.29) is 5.41 Å². The lowest BCUT2D eigenvalue weighted by molar-refractivity contribution is -0.144. The van der Waals surface area contributed by atoms with E-state index in [0.29, 0.717) is 50.0 Å². The quantitative estimate of drug-likeness (QED) is 0.477. The van der Waals surface area contributed by atoms with Crippen LogP contribution in [0.25, 0.3) is 0 Å². The summed E-state index contributed by atoms with van der Waals surface area (Å²) in [5, 5.41) is 0. The largest absolute Gasteiger partial charge is 0.416 e. The van der Waals surface area contributed by atoms with Crippen LogP contribution >= 0.6 is 0 Å². The Hall–Kier alpha value is -2.54. The van der Waals surface area contributed by atoms with Crippen LogP contribution in [-0.4, -0.2) is 61.0 Å². The maximum absolute atomic E-state index is 14.0. The van der Waals surface area contributed by atoms with Gasteiger partial charge in [-0.1, -0.05) is 36.8 Å². The van der Waals surface area contributed by atoms with E-state index in [4.69, 9.17) is 0 Å². The number of piperazine rings is 1. The number of hydrogen-bond donors (Lipinski definition) is 0. The molecular formula is C31H38F3N3O. The van der Waals surface area contributed by atoms with Gasteiger partial charge in [0.2, 0.25) is 5.91 Å². The molecule has 0 spiro atoms. The van der Waals surface area contributed by atoms with Crippen LogP contribution in [0.3, 0.4) is 0 Å². The van der Waals surface area contributed by atoms with Gasteiger partial charge in [0.05, 0.1) is 11.0 Å². The van der Waals surface area contributed by atoms with Crippen LogP contribution in [0.2, 0.25) is 0 Å². The van der Waals surface area contributed by atoms with E-state index in [9.17, 15) is 18.0 Å². The molecule has 1 amide bonds. The lowest BCUT2D eigenvalue weighted by atomic mass is 9.78. The number of halogens is 3. The number of likely N-dealkylation sites (tertiary alicyclic amines) is 1. The minimum Gasteiger partial charge on any atom is -0.368 e. The van der Waals surface area contributed by atoms with Crippen molar-refractivity contribution in [2.24, 2.45) is 11.3 Å². The molecule has 4 nitrogen and oxygen atoms in total. The van der Waals surface area contributed by atoms with Crippen LogP contribution < -0.4 is 4.90 Å². The molecule has 2 heterocycles. The van der Waals surface area contributed by atoms with Gasteiger partial charge in [0.1, 0.15) is 0 Å². The van der Waals surface area contributed by atoms with Crippen LogP contribution in [-0.2, 0) is 11.0 Å². The Labute approximate surface area is 223 Å². The summed E-state index contributed by atoms with van der Waals surface area (Å²) in [7, 11) is 0. The molecule has 0 radical (unpaired) electrons. The zero-order valence-corrected chi connectivity index (χ0v) is 22.0. The molecule has 2 saturated carbocycles. The number of amides is 1. The predicted octanol–water partition coefficient (Wildman–Crippen LogP) is 6.18. The number of carbonyl (C=O) groups is 1. The molecule has 3 atom stereocenters. The zero-order chi connectivity index (χ0) is 26.3. The number of nitrogens with zero attached hydrogens (tertiary/aromatic N) is 3. The molecule has 2 aromatic carbocycles. The van der Waals surface area contributed by atoms with Gasteiger partial charge in [-0.15, -0.1) is 0 Å². The first kappa shape index (κ1) is 25.7. The fourth-order valence-electron chi connectivity index (χ4n) is 7.90. The van der Waals surface area contributed by atoms with Crippen molar-refractivity contribution in [3.05, 3.63) is 65.7 Å². The summed E-state index contributed by atoms with van der Waals surface area (Å²) in [6, 6.07) is 16.8. The number of rotatable bonds is 4. The first-order chi connectivity index (χ1) is 18.3. The normalized spacial score (nSPS) is 29.0. The van der Waals surface area contributed by atoms with Crippen LogP contribution in [0.4, 0.5) is 18.9 Å². The topological polar surface area (TPSA) is 26.8 Å². The van der Waals surface area contributed by atoms with Gasteiger partial charge in [0, 0.05) is 37.9 Å². The molecule has 0 N–H and O–H groups in total. The second-order valence-corrected chi connectivity index (χ2v) is 11.9. The maximum Gasteiger partial charge on any atom is 0.416 e. The molecule has 2 aromatic rings. The number of fused-ring (bicyclic) bond motifs is 1. The average molecular weight is 526 g/mol. The van der Waals surface area contributed by atoms with Gasteiger partial charge in [0.25, 0.3) is 0 Å². The highest BCUT2D eigenvalue weighted by Gasteiger charge is 2.57. The van der Waals surface area contributed by atoms with Gasteiger partial charge < -0.3 is 14.7 Å². The number of piperidine rings is 1. The standard InChI is InChI=1S/C31H38F3N3O/c32-31(33,34)25-8-10-27(11-9-25)36-17-19-37(20-18-36)29(38)30-14-4-7-26(30)21-28(22-30)35-15-12-24(13-16-35)23-5-2-1-3-6-23/h1-3,5-6,8-11,24,26,28H,4,7,12-22H2. The lowest BCUT2D eigenvalue weighted by Crippen LogP contribution is -2.53. The Morgan fingerprint density at radius 2 is 1.53 bits per heavy atom. The number of anilines is 1. The van der Waals surface area contributed by atoms with E-state index in [1.165, 1.54) is 18.4 Å². The van der Waals surface area contributed by atoms with Crippen LogP contribution in [0.1, 0.15) is 62.0 Å². The molecule has 7 heteroatoms. The molecule has 6 rings (SSSR count). The van der Waals surface area contributed by atoms with Crippen molar-refractivity contribution in [2.45, 2.75) is 63.1 Å². The molecule has 2 aliphatic heterocycles. The second-order valence-electron chi connectivity index (χ2n) is 11.9. The van der Waals surface area contributed by atoms with E-state index >= 15 is 0 Å². The molecular weight excluding hydrogens is 487 g/mol. The van der Waals surface area contributed by atoms with Crippen LogP contribution in [0.5, 0.6) is 0 Å². The molecule has 38 heavy (non-hydrogen) atoms. The van der Waals surface area contributed by atoms with Gasteiger partial charge in [0.15, 0.2) is 0 Å². The van der Waals surface area contributed by atoms with Crippen molar-refractivity contribution in [3.8, 4) is 0 Å². The highest BCUT2D eigenvalue weighted by molar-refractivity contribution is 5.84. The molecule has 0 bridgehead atoms. The SMILES string of the molecule is O=C(N1CCN(c2ccc(C(F)(F)F)cc2)CC1)C12CCCC1CC(N1CCC(c3ccccc3)CC1)C2. The van der Waals surface area contributed by atoms with Crippen molar-refractivity contribution in [1.82, 2.24) is 9.80 Å². The summed E-state index contributed by atoms with van der Waals surface area (Å²) >= 11 is 0. The summed E-state index contributed by atoms with van der Waals surface area (Å²) in [4.78, 5) is 20.9. The van der Waals surface area contributed by atoms with Gasteiger partial charge >= 0.3 is 6.18 Å². The fourth-order valence-corrected chi connectivity index (χ4v) is 7.90. The molecule has 2 saturated heterocycles. The van der Waals surface area contributed by atoms with E-state index in [1.54, 1.807) is 12.1 Å². The van der Waals surface area contributed by atoms with Gasteiger partial charge in [-0.2, -0.15) is 13.2 Å². The van der Waals surface area contributed by atoms with E-state index in [2.05, 4.69) is 45.0 Å². The molecule has 2 aliphatic carbocycles. The van der Waals surface area contributed by atoms with Gasteiger partial charge in [-0.25, -0.2) is 0 Å². The molecule has 0 aromatic heterocycles. The van der Waals surface area contributed by atoms with Gasteiger partial charge in [-0.05, 0) is 93.3 Å². The van der Waals surface area contributed by atoms with Crippen molar-refractivity contribution >= 4 is 11.6 Å². The fraction of sp³-hybridized carbons (Fsp3) is 0.581. The highest BCUT2D eigenvalue weighted by atomic mass is 19.4. The van der Waals surface area contributed by atoms with Crippen molar-refractivity contribution in [1.29, 1.82) is 0 Å². The minimum absolute atomic E-state index is 0.211. The third-order valence-electron chi connectivity index (χ3n) is 9.98. The molecule has 3 unspecified atom stereocenters. The average Bonchev–Trinajstić information content (AvgIpc) is 3.52. The Morgan fingerprint density at radius 3 is 2.18 bits per heavy atom. The van der Waals surface area contributed by atoms with Crippen molar-refractivity contribution in [3.63, 3.8) is 0 Å². The predicted molar refractivity (Wildman–Crippen MR) is 143 cm³/mol. The monoisotopic (exact) mass is 525 g/mol. The smallest absolute Gasteiger partial charge is 0.368 e. The lowest BCUT2D eigenvalue weighted by Gasteiger charge is -2.41. The Kier molecular flexibility index (Phi) is 6.91. The number of carbonyl (C=O) groups excluding carboxylic acids is 1. The first-order valence-electron chi connectivity index (χ1n) is 14.3. The van der Waals surface area contributed by atoms with Crippen LogP contribution in [0, 0.1) is 11.3 Å². The van der Waals surface area contributed by atoms with Crippen molar-refractivity contribution in [2.75, 3.05) is 44.2 Å². The zero-order valence-electron chi connectivity index (χ0n) is 22.0. The van der Waals surface area contributed by atoms with E-state index in [1.807, 2.05) is 0 Å². The summed E-state index contributed by atoms with van der Waals surface area (Å²) in [5.41, 5.74) is 1.41. The maximum atomic E-state index is 14.0. The van der Waals surface area contributed by atoms with E-state index < -0.39 is 11.7 Å². The Balaban J connectivity index is 1.06.